The van der Waals surface area contributed by atoms with Gasteiger partial charge in [0, 0.05) is 12.6 Å². The maximum atomic E-state index is 12.0. The summed E-state index contributed by atoms with van der Waals surface area (Å²) in [5.41, 5.74) is 0. The van der Waals surface area contributed by atoms with Gasteiger partial charge in [-0.15, -0.1) is 0 Å². The van der Waals surface area contributed by atoms with Crippen molar-refractivity contribution in [3.8, 4) is 0 Å². The quantitative estimate of drug-likeness (QED) is 0.575. The largest absolute Gasteiger partial charge is 0.315 e. The zero-order valence-electron chi connectivity index (χ0n) is 12.9. The zero-order chi connectivity index (χ0) is 14.6. The molecule has 0 spiro atoms. The molecule has 0 aromatic heterocycles. The number of hydrogen-bond acceptors (Lipinski definition) is 3. The van der Waals surface area contributed by atoms with Crippen molar-refractivity contribution in [1.29, 1.82) is 0 Å². The molecule has 2 saturated carbocycles. The fraction of sp³-hybridized carbons (Fsp3) is 1.00. The van der Waals surface area contributed by atoms with Crippen molar-refractivity contribution >= 4 is 10.0 Å². The van der Waals surface area contributed by atoms with Gasteiger partial charge in [0.2, 0.25) is 10.0 Å². The minimum atomic E-state index is -3.07. The van der Waals surface area contributed by atoms with Gasteiger partial charge in [0.1, 0.15) is 0 Å². The van der Waals surface area contributed by atoms with Crippen LogP contribution < -0.4 is 10.0 Å². The molecule has 0 aliphatic heterocycles. The third-order valence-corrected chi connectivity index (χ3v) is 5.82. The molecule has 2 fully saturated rings. The molecule has 2 N–H and O–H groups in total. The van der Waals surface area contributed by atoms with E-state index in [-0.39, 0.29) is 5.75 Å². The smallest absolute Gasteiger partial charge is 0.211 e. The number of sulfonamides is 1. The van der Waals surface area contributed by atoms with E-state index < -0.39 is 10.0 Å². The van der Waals surface area contributed by atoms with Crippen molar-refractivity contribution in [1.82, 2.24) is 10.0 Å². The molecule has 0 radical (unpaired) electrons. The van der Waals surface area contributed by atoms with Gasteiger partial charge >= 0.3 is 0 Å². The second kappa shape index (κ2) is 7.23. The molecule has 5 heteroatoms. The first kappa shape index (κ1) is 16.2. The predicted molar refractivity (Wildman–Crippen MR) is 83.1 cm³/mol. The van der Waals surface area contributed by atoms with E-state index in [1.807, 2.05) is 0 Å². The van der Waals surface area contributed by atoms with Crippen LogP contribution in [0.1, 0.15) is 52.4 Å². The standard InChI is InChI=1S/C15H30N2O2S/c1-12(2)16-9-3-4-10-20(18,19)17-11-15(13-5-6-13)14-7-8-14/h12-17H,3-11H2,1-2H3. The van der Waals surface area contributed by atoms with E-state index in [1.54, 1.807) is 0 Å². The van der Waals surface area contributed by atoms with Gasteiger partial charge in [0.15, 0.2) is 0 Å². The summed E-state index contributed by atoms with van der Waals surface area (Å²) in [5.74, 6) is 2.50. The second-order valence-corrected chi connectivity index (χ2v) is 8.75. The van der Waals surface area contributed by atoms with Crippen LogP contribution >= 0.6 is 0 Å². The highest BCUT2D eigenvalue weighted by Crippen LogP contribution is 2.48. The summed E-state index contributed by atoms with van der Waals surface area (Å²) < 4.78 is 26.8. The van der Waals surface area contributed by atoms with Crippen LogP contribution in [0.15, 0.2) is 0 Å². The molecule has 0 aromatic carbocycles. The fourth-order valence-corrected chi connectivity index (χ4v) is 4.05. The van der Waals surface area contributed by atoms with Gasteiger partial charge in [0.05, 0.1) is 5.75 Å². The third-order valence-electron chi connectivity index (χ3n) is 4.39. The van der Waals surface area contributed by atoms with Crippen molar-refractivity contribution in [3.05, 3.63) is 0 Å². The van der Waals surface area contributed by atoms with E-state index in [1.165, 1.54) is 25.7 Å². The van der Waals surface area contributed by atoms with Crippen molar-refractivity contribution in [2.45, 2.75) is 58.4 Å². The van der Waals surface area contributed by atoms with Crippen molar-refractivity contribution in [2.75, 3.05) is 18.8 Å². The lowest BCUT2D eigenvalue weighted by molar-refractivity contribution is 0.401. The van der Waals surface area contributed by atoms with Crippen LogP contribution in [0.4, 0.5) is 0 Å². The molecule has 0 atom stereocenters. The van der Waals surface area contributed by atoms with Gasteiger partial charge in [-0.2, -0.15) is 0 Å². The molecule has 2 rings (SSSR count). The van der Waals surface area contributed by atoms with Crippen LogP contribution in [-0.2, 0) is 10.0 Å². The second-order valence-electron chi connectivity index (χ2n) is 6.82. The molecule has 2 aliphatic rings. The number of unbranched alkanes of at least 4 members (excludes halogenated alkanes) is 1. The SMILES string of the molecule is CC(C)NCCCCS(=O)(=O)NCC(C1CC1)C1CC1. The highest BCUT2D eigenvalue weighted by atomic mass is 32.2. The van der Waals surface area contributed by atoms with Crippen LogP contribution in [0, 0.1) is 17.8 Å². The molecular weight excluding hydrogens is 272 g/mol. The Bertz CT molecular complexity index is 375. The lowest BCUT2D eigenvalue weighted by Gasteiger charge is -2.16. The Balaban J connectivity index is 1.60. The molecule has 0 saturated heterocycles. The molecule has 2 aliphatic carbocycles. The van der Waals surface area contributed by atoms with Gasteiger partial charge in [-0.3, -0.25) is 0 Å². The topological polar surface area (TPSA) is 58.2 Å². The first-order chi connectivity index (χ1) is 9.48. The van der Waals surface area contributed by atoms with Gasteiger partial charge < -0.3 is 5.32 Å². The molecule has 20 heavy (non-hydrogen) atoms. The summed E-state index contributed by atoms with van der Waals surface area (Å²) in [6.07, 6.45) is 6.90. The van der Waals surface area contributed by atoms with Gasteiger partial charge in [-0.05, 0) is 62.8 Å². The molecule has 0 heterocycles. The van der Waals surface area contributed by atoms with Crippen LogP contribution in [0.3, 0.4) is 0 Å². The summed E-state index contributed by atoms with van der Waals surface area (Å²) in [6.45, 7) is 5.80. The van der Waals surface area contributed by atoms with Crippen LogP contribution in [0.25, 0.3) is 0 Å². The van der Waals surface area contributed by atoms with E-state index >= 15 is 0 Å². The van der Waals surface area contributed by atoms with E-state index in [9.17, 15) is 8.42 Å². The minimum absolute atomic E-state index is 0.273. The first-order valence-electron chi connectivity index (χ1n) is 8.18. The molecular formula is C15H30N2O2S. The van der Waals surface area contributed by atoms with E-state index in [0.29, 0.717) is 18.5 Å². The zero-order valence-corrected chi connectivity index (χ0v) is 13.7. The molecule has 0 amide bonds. The lowest BCUT2D eigenvalue weighted by atomic mass is 9.99. The molecule has 0 aromatic rings. The minimum Gasteiger partial charge on any atom is -0.315 e. The maximum absolute atomic E-state index is 12.0. The molecule has 0 unspecified atom stereocenters. The molecule has 4 nitrogen and oxygen atoms in total. The average molecular weight is 302 g/mol. The molecule has 118 valence electrons. The van der Waals surface area contributed by atoms with Crippen LogP contribution in [-0.4, -0.2) is 33.3 Å². The van der Waals surface area contributed by atoms with Crippen LogP contribution in [0.5, 0.6) is 0 Å². The normalized spacial score (nSPS) is 20.0. The highest BCUT2D eigenvalue weighted by molar-refractivity contribution is 7.89. The summed E-state index contributed by atoms with van der Waals surface area (Å²) in [4.78, 5) is 0. The Hall–Kier alpha value is -0.130. The Morgan fingerprint density at radius 1 is 1.05 bits per heavy atom. The summed E-state index contributed by atoms with van der Waals surface area (Å²) >= 11 is 0. The Labute approximate surface area is 124 Å². The van der Waals surface area contributed by atoms with Crippen molar-refractivity contribution in [2.24, 2.45) is 17.8 Å². The summed E-state index contributed by atoms with van der Waals surface area (Å²) in [5, 5.41) is 3.31. The number of nitrogens with one attached hydrogen (secondary N) is 2. The van der Waals surface area contributed by atoms with Crippen molar-refractivity contribution < 1.29 is 8.42 Å². The monoisotopic (exact) mass is 302 g/mol. The fourth-order valence-electron chi connectivity index (χ4n) is 2.87. The maximum Gasteiger partial charge on any atom is 0.211 e. The Morgan fingerprint density at radius 3 is 2.15 bits per heavy atom. The third kappa shape index (κ3) is 6.10. The van der Waals surface area contributed by atoms with Crippen molar-refractivity contribution in [3.63, 3.8) is 0 Å². The first-order valence-corrected chi connectivity index (χ1v) is 9.84. The van der Waals surface area contributed by atoms with Gasteiger partial charge in [-0.1, -0.05) is 13.8 Å². The average Bonchev–Trinajstić information content (AvgIpc) is 3.22. The Kier molecular flexibility index (Phi) is 5.87. The number of hydrogen-bond donors (Lipinski definition) is 2. The molecule has 0 bridgehead atoms. The van der Waals surface area contributed by atoms with Crippen LogP contribution in [0.2, 0.25) is 0 Å². The summed E-state index contributed by atoms with van der Waals surface area (Å²) in [6, 6.07) is 0.475. The Morgan fingerprint density at radius 2 is 1.65 bits per heavy atom. The van der Waals surface area contributed by atoms with Gasteiger partial charge in [-0.25, -0.2) is 13.1 Å². The summed E-state index contributed by atoms with van der Waals surface area (Å²) in [7, 11) is -3.07. The predicted octanol–water partition coefficient (Wildman–Crippen LogP) is 2.12. The lowest BCUT2D eigenvalue weighted by Crippen LogP contribution is -2.33. The van der Waals surface area contributed by atoms with Gasteiger partial charge in [0.25, 0.3) is 0 Å². The van der Waals surface area contributed by atoms with E-state index in [4.69, 9.17) is 0 Å². The van der Waals surface area contributed by atoms with E-state index in [2.05, 4.69) is 23.9 Å². The number of rotatable bonds is 11. The highest BCUT2D eigenvalue weighted by Gasteiger charge is 2.41. The van der Waals surface area contributed by atoms with E-state index in [0.717, 1.165) is 31.2 Å².